The third-order valence-corrected chi connectivity index (χ3v) is 7.01. The zero-order valence-electron chi connectivity index (χ0n) is 19.0. The molecular formula is C24H23N3O8. The summed E-state index contributed by atoms with van der Waals surface area (Å²) in [6, 6.07) is 6.82. The first-order valence-corrected chi connectivity index (χ1v) is 11.1. The minimum absolute atomic E-state index is 0.0985. The van der Waals surface area contributed by atoms with E-state index >= 15 is 0 Å². The van der Waals surface area contributed by atoms with Gasteiger partial charge in [0.05, 0.1) is 45.6 Å². The normalized spacial score (nSPS) is 24.0. The number of aromatic hydroxyl groups is 1. The zero-order chi connectivity index (χ0) is 24.3. The topological polar surface area (TPSA) is 134 Å². The molecular weight excluding hydrogens is 458 g/mol. The quantitative estimate of drug-likeness (QED) is 0.519. The fraction of sp³-hybridized carbons (Fsp3) is 0.375. The van der Waals surface area contributed by atoms with E-state index in [1.807, 2.05) is 12.1 Å². The second-order valence-electron chi connectivity index (χ2n) is 8.70. The van der Waals surface area contributed by atoms with Crippen LogP contribution in [0.1, 0.15) is 34.3 Å². The highest BCUT2D eigenvalue weighted by molar-refractivity contribution is 5.79. The van der Waals surface area contributed by atoms with Crippen molar-refractivity contribution in [2.75, 3.05) is 27.6 Å². The number of fused-ring (bicyclic) bond motifs is 3. The molecule has 0 bridgehead atoms. The van der Waals surface area contributed by atoms with Gasteiger partial charge in [0.25, 0.3) is 0 Å². The lowest BCUT2D eigenvalue weighted by molar-refractivity contribution is -0.141. The van der Waals surface area contributed by atoms with Crippen LogP contribution in [0.25, 0.3) is 0 Å². The summed E-state index contributed by atoms with van der Waals surface area (Å²) >= 11 is 0. The maximum absolute atomic E-state index is 13.2. The van der Waals surface area contributed by atoms with Crippen molar-refractivity contribution in [3.63, 3.8) is 0 Å². The van der Waals surface area contributed by atoms with Crippen molar-refractivity contribution in [3.05, 3.63) is 52.8 Å². The van der Waals surface area contributed by atoms with E-state index in [9.17, 15) is 15.0 Å². The van der Waals surface area contributed by atoms with Crippen LogP contribution in [0.15, 0.2) is 30.5 Å². The number of carbonyl (C=O) groups excluding carboxylic acids is 1. The Morgan fingerprint density at radius 1 is 1.06 bits per heavy atom. The van der Waals surface area contributed by atoms with E-state index in [1.54, 1.807) is 23.0 Å². The fourth-order valence-electron chi connectivity index (χ4n) is 5.49. The molecule has 0 amide bonds. The number of ether oxygens (including phenoxy) is 5. The van der Waals surface area contributed by atoms with E-state index in [4.69, 9.17) is 23.7 Å². The number of phenolic OH excluding ortho intramolecular Hbond substituents is 1. The molecule has 3 heterocycles. The Bertz CT molecular complexity index is 1300. The first-order valence-electron chi connectivity index (χ1n) is 11.1. The van der Waals surface area contributed by atoms with Crippen LogP contribution in [0.5, 0.6) is 28.7 Å². The number of rotatable bonds is 5. The Labute approximate surface area is 199 Å². The van der Waals surface area contributed by atoms with Crippen molar-refractivity contribution in [3.8, 4) is 28.7 Å². The minimum atomic E-state index is -0.561. The Hall–Kier alpha value is -3.99. The molecule has 11 heteroatoms. The van der Waals surface area contributed by atoms with Gasteiger partial charge in [-0.15, -0.1) is 5.10 Å². The molecule has 6 rings (SSSR count). The molecule has 0 spiro atoms. The monoisotopic (exact) mass is 481 g/mol. The lowest BCUT2D eigenvalue weighted by atomic mass is 9.65. The molecule has 0 saturated carbocycles. The number of carbonyl (C=O) groups is 1. The Morgan fingerprint density at radius 3 is 2.37 bits per heavy atom. The predicted octanol–water partition coefficient (Wildman–Crippen LogP) is 1.75. The molecule has 1 saturated heterocycles. The van der Waals surface area contributed by atoms with Gasteiger partial charge in [0.1, 0.15) is 5.69 Å². The van der Waals surface area contributed by atoms with Gasteiger partial charge in [-0.2, -0.15) is 0 Å². The summed E-state index contributed by atoms with van der Waals surface area (Å²) in [5.41, 5.74) is 2.84. The van der Waals surface area contributed by atoms with E-state index in [1.165, 1.54) is 14.2 Å². The maximum atomic E-state index is 13.2. The van der Waals surface area contributed by atoms with Crippen LogP contribution < -0.4 is 18.9 Å². The van der Waals surface area contributed by atoms with Crippen molar-refractivity contribution < 1.29 is 38.7 Å². The third-order valence-electron chi connectivity index (χ3n) is 7.01. The minimum Gasteiger partial charge on any atom is -0.502 e. The third kappa shape index (κ3) is 3.18. The van der Waals surface area contributed by atoms with Gasteiger partial charge in [-0.25, -0.2) is 4.68 Å². The summed E-state index contributed by atoms with van der Waals surface area (Å²) in [4.78, 5) is 13.2. The number of phenols is 1. The average molecular weight is 481 g/mol. The molecule has 2 N–H and O–H groups in total. The van der Waals surface area contributed by atoms with Gasteiger partial charge >= 0.3 is 5.97 Å². The number of aromatic nitrogens is 3. The highest BCUT2D eigenvalue weighted by Gasteiger charge is 2.53. The predicted molar refractivity (Wildman–Crippen MR) is 118 cm³/mol. The first kappa shape index (κ1) is 21.5. The molecule has 11 nitrogen and oxygen atoms in total. The number of hydrogen-bond donors (Lipinski definition) is 2. The average Bonchev–Trinajstić information content (AvgIpc) is 3.62. The summed E-state index contributed by atoms with van der Waals surface area (Å²) in [5.74, 6) is -0.104. The Morgan fingerprint density at radius 2 is 1.74 bits per heavy atom. The van der Waals surface area contributed by atoms with Crippen molar-refractivity contribution in [2.24, 2.45) is 11.8 Å². The molecule has 0 radical (unpaired) electrons. The Kier molecular flexibility index (Phi) is 4.95. The van der Waals surface area contributed by atoms with E-state index < -0.39 is 11.8 Å². The number of aliphatic hydroxyl groups excluding tert-OH is 1. The van der Waals surface area contributed by atoms with Crippen molar-refractivity contribution in [2.45, 2.75) is 18.6 Å². The zero-order valence-corrected chi connectivity index (χ0v) is 19.0. The summed E-state index contributed by atoms with van der Waals surface area (Å²) in [6.45, 7) is 0.0421. The first-order chi connectivity index (χ1) is 17.0. The molecule has 1 aromatic heterocycles. The molecule has 2 aliphatic heterocycles. The highest BCUT2D eigenvalue weighted by Crippen LogP contribution is 2.56. The summed E-state index contributed by atoms with van der Waals surface area (Å²) < 4.78 is 29.3. The second-order valence-corrected chi connectivity index (χ2v) is 8.70. The van der Waals surface area contributed by atoms with Crippen LogP contribution in [0.3, 0.4) is 0 Å². The SMILES string of the molecule is COc1cc([C@@H]2c3cc4c(cc3[C@@H](n3cc(CO)nn3)[C@H]3COC(=O)[C@H]23)OCO4)cc(OC)c1O. The second kappa shape index (κ2) is 8.05. The number of methoxy groups -OCH3 is 2. The van der Waals surface area contributed by atoms with Crippen LogP contribution in [0, 0.1) is 11.8 Å². The van der Waals surface area contributed by atoms with Crippen LogP contribution in [-0.2, 0) is 16.1 Å². The molecule has 1 fully saturated rings. The Balaban J connectivity index is 1.60. The van der Waals surface area contributed by atoms with Gasteiger partial charge in [0.2, 0.25) is 12.5 Å². The van der Waals surface area contributed by atoms with E-state index in [0.29, 0.717) is 17.2 Å². The van der Waals surface area contributed by atoms with Crippen LogP contribution in [-0.4, -0.2) is 58.8 Å². The molecule has 3 aromatic rings. The van der Waals surface area contributed by atoms with Crippen LogP contribution in [0.4, 0.5) is 0 Å². The van der Waals surface area contributed by atoms with Crippen molar-refractivity contribution in [1.82, 2.24) is 15.0 Å². The molecule has 2 aromatic carbocycles. The van der Waals surface area contributed by atoms with Gasteiger partial charge in [-0.3, -0.25) is 4.79 Å². The van der Waals surface area contributed by atoms with Gasteiger partial charge < -0.3 is 33.9 Å². The lowest BCUT2D eigenvalue weighted by Gasteiger charge is -2.39. The number of aliphatic hydroxyl groups is 1. The smallest absolute Gasteiger partial charge is 0.310 e. The molecule has 182 valence electrons. The van der Waals surface area contributed by atoms with E-state index in [0.717, 1.165) is 16.7 Å². The van der Waals surface area contributed by atoms with Crippen LogP contribution >= 0.6 is 0 Å². The van der Waals surface area contributed by atoms with E-state index in [-0.39, 0.29) is 55.2 Å². The highest BCUT2D eigenvalue weighted by atomic mass is 16.7. The van der Waals surface area contributed by atoms with Gasteiger partial charge in [0.15, 0.2) is 23.0 Å². The summed E-state index contributed by atoms with van der Waals surface area (Å²) in [6.07, 6.45) is 1.67. The summed E-state index contributed by atoms with van der Waals surface area (Å²) in [7, 11) is 2.91. The molecule has 3 aliphatic rings. The lowest BCUT2D eigenvalue weighted by Crippen LogP contribution is -2.37. The molecule has 4 atom stereocenters. The number of nitrogens with zero attached hydrogens (tertiary/aromatic N) is 3. The number of cyclic esters (lactones) is 1. The number of hydrogen-bond acceptors (Lipinski definition) is 10. The maximum Gasteiger partial charge on any atom is 0.310 e. The molecule has 1 aliphatic carbocycles. The molecule has 35 heavy (non-hydrogen) atoms. The van der Waals surface area contributed by atoms with E-state index in [2.05, 4.69) is 10.3 Å². The van der Waals surface area contributed by atoms with Crippen molar-refractivity contribution >= 4 is 5.97 Å². The van der Waals surface area contributed by atoms with Crippen LogP contribution in [0.2, 0.25) is 0 Å². The number of esters is 1. The van der Waals surface area contributed by atoms with Gasteiger partial charge in [0, 0.05) is 11.8 Å². The summed E-state index contributed by atoms with van der Waals surface area (Å²) in [5, 5.41) is 28.3. The van der Waals surface area contributed by atoms with Gasteiger partial charge in [-0.1, -0.05) is 5.21 Å². The largest absolute Gasteiger partial charge is 0.502 e. The fourth-order valence-corrected chi connectivity index (χ4v) is 5.49. The standard InChI is InChI=1S/C24H23N3O8/c1-31-18-3-11(4-19(32-2)23(18)29)20-13-5-16-17(35-10-34-16)6-14(13)22(15-9-33-24(30)21(15)20)27-7-12(8-28)25-26-27/h3-7,15,20-22,28-29H,8-10H2,1-2H3/t15-,20+,21-,22+/m0/s1. The molecule has 0 unspecified atom stereocenters. The van der Waals surface area contributed by atoms with Gasteiger partial charge in [-0.05, 0) is 41.0 Å². The van der Waals surface area contributed by atoms with Crippen molar-refractivity contribution in [1.29, 1.82) is 0 Å². The number of benzene rings is 2.